The first-order valence-corrected chi connectivity index (χ1v) is 7.35. The van der Waals surface area contributed by atoms with Crippen molar-refractivity contribution in [2.45, 2.75) is 13.8 Å². The molecule has 1 nitrogen and oxygen atoms in total. The van der Waals surface area contributed by atoms with Gasteiger partial charge < -0.3 is 0 Å². The molecule has 1 heteroatoms. The Labute approximate surface area is 131 Å². The maximum Gasteiger partial charge on any atom is 0.0991 e. The van der Waals surface area contributed by atoms with Gasteiger partial charge in [0.25, 0.3) is 0 Å². The van der Waals surface area contributed by atoms with Crippen molar-refractivity contribution in [3.05, 3.63) is 83.4 Å². The predicted octanol–water partition coefficient (Wildman–Crippen LogP) is 5.51. The Morgan fingerprint density at radius 2 is 1.05 bits per heavy atom. The fraction of sp³-hybridized carbons (Fsp3) is 0.0952. The van der Waals surface area contributed by atoms with Gasteiger partial charge in [-0.05, 0) is 59.4 Å². The SMILES string of the molecule is Cc1ccc(-c2ccc(-c3ccc(C#N)cc3)cc2)cc1C. The third-order valence-corrected chi connectivity index (χ3v) is 4.07. The molecule has 0 saturated carbocycles. The van der Waals surface area contributed by atoms with Gasteiger partial charge in [0, 0.05) is 0 Å². The summed E-state index contributed by atoms with van der Waals surface area (Å²) in [5.41, 5.74) is 8.08. The van der Waals surface area contributed by atoms with E-state index >= 15 is 0 Å². The van der Waals surface area contributed by atoms with Gasteiger partial charge in [-0.15, -0.1) is 0 Å². The zero-order chi connectivity index (χ0) is 15.5. The number of benzene rings is 3. The van der Waals surface area contributed by atoms with Crippen LogP contribution in [0.3, 0.4) is 0 Å². The second-order valence-corrected chi connectivity index (χ2v) is 5.57. The lowest BCUT2D eigenvalue weighted by atomic mass is 9.97. The monoisotopic (exact) mass is 283 g/mol. The molecule has 3 rings (SSSR count). The van der Waals surface area contributed by atoms with Gasteiger partial charge in [0.2, 0.25) is 0 Å². The van der Waals surface area contributed by atoms with E-state index in [9.17, 15) is 0 Å². The minimum atomic E-state index is 0.690. The average molecular weight is 283 g/mol. The van der Waals surface area contributed by atoms with E-state index in [4.69, 9.17) is 5.26 Å². The molecule has 0 aliphatic carbocycles. The second kappa shape index (κ2) is 5.87. The Morgan fingerprint density at radius 3 is 1.55 bits per heavy atom. The molecule has 3 aromatic rings. The maximum atomic E-state index is 8.85. The van der Waals surface area contributed by atoms with Crippen LogP contribution >= 0.6 is 0 Å². The summed E-state index contributed by atoms with van der Waals surface area (Å²) in [6.45, 7) is 4.27. The normalized spacial score (nSPS) is 10.2. The van der Waals surface area contributed by atoms with Crippen molar-refractivity contribution < 1.29 is 0 Å². The second-order valence-electron chi connectivity index (χ2n) is 5.57. The number of aryl methyl sites for hydroxylation is 2. The van der Waals surface area contributed by atoms with Crippen LogP contribution < -0.4 is 0 Å². The van der Waals surface area contributed by atoms with E-state index < -0.39 is 0 Å². The summed E-state index contributed by atoms with van der Waals surface area (Å²) in [6, 6.07) is 25.0. The molecule has 0 amide bonds. The summed E-state index contributed by atoms with van der Waals surface area (Å²) in [4.78, 5) is 0. The number of nitrogens with zero attached hydrogens (tertiary/aromatic N) is 1. The van der Waals surface area contributed by atoms with Crippen LogP contribution in [-0.4, -0.2) is 0 Å². The molecule has 0 saturated heterocycles. The van der Waals surface area contributed by atoms with Crippen molar-refractivity contribution in [1.29, 1.82) is 5.26 Å². The lowest BCUT2D eigenvalue weighted by Gasteiger charge is -2.07. The summed E-state index contributed by atoms with van der Waals surface area (Å²) in [5.74, 6) is 0. The fourth-order valence-corrected chi connectivity index (χ4v) is 2.51. The van der Waals surface area contributed by atoms with Crippen molar-refractivity contribution in [3.63, 3.8) is 0 Å². The molecule has 22 heavy (non-hydrogen) atoms. The topological polar surface area (TPSA) is 23.8 Å². The van der Waals surface area contributed by atoms with Gasteiger partial charge in [-0.2, -0.15) is 5.26 Å². The zero-order valence-electron chi connectivity index (χ0n) is 12.8. The molecule has 0 heterocycles. The van der Waals surface area contributed by atoms with Crippen molar-refractivity contribution in [2.24, 2.45) is 0 Å². The van der Waals surface area contributed by atoms with Crippen molar-refractivity contribution >= 4 is 0 Å². The highest BCUT2D eigenvalue weighted by molar-refractivity contribution is 5.71. The Kier molecular flexibility index (Phi) is 3.76. The minimum absolute atomic E-state index is 0.690. The average Bonchev–Trinajstić information content (AvgIpc) is 2.58. The quantitative estimate of drug-likeness (QED) is 0.608. The standard InChI is InChI=1S/C21H17N/c1-15-3-6-21(13-16(15)2)20-11-9-19(10-12-20)18-7-4-17(14-22)5-8-18/h3-13H,1-2H3. The van der Waals surface area contributed by atoms with Crippen LogP contribution in [0.4, 0.5) is 0 Å². The molecule has 0 aromatic heterocycles. The lowest BCUT2D eigenvalue weighted by molar-refractivity contribution is 1.34. The van der Waals surface area contributed by atoms with Crippen LogP contribution in [0.5, 0.6) is 0 Å². The number of nitriles is 1. The maximum absolute atomic E-state index is 8.85. The first kappa shape index (κ1) is 14.1. The molecular weight excluding hydrogens is 266 g/mol. The first-order valence-electron chi connectivity index (χ1n) is 7.35. The van der Waals surface area contributed by atoms with Gasteiger partial charge in [-0.1, -0.05) is 54.6 Å². The van der Waals surface area contributed by atoms with E-state index in [0.717, 1.165) is 11.1 Å². The molecule has 0 atom stereocenters. The van der Waals surface area contributed by atoms with Gasteiger partial charge >= 0.3 is 0 Å². The van der Waals surface area contributed by atoms with Crippen molar-refractivity contribution in [3.8, 4) is 28.3 Å². The molecule has 0 bridgehead atoms. The summed E-state index contributed by atoms with van der Waals surface area (Å²) < 4.78 is 0. The van der Waals surface area contributed by atoms with Gasteiger partial charge in [0.05, 0.1) is 11.6 Å². The molecule has 0 aliphatic heterocycles. The van der Waals surface area contributed by atoms with Gasteiger partial charge in [0.15, 0.2) is 0 Å². The molecule has 0 spiro atoms. The smallest absolute Gasteiger partial charge is 0.0991 e. The van der Waals surface area contributed by atoms with Crippen LogP contribution in [0, 0.1) is 25.2 Å². The van der Waals surface area contributed by atoms with E-state index in [1.165, 1.54) is 22.3 Å². The first-order chi connectivity index (χ1) is 10.7. The Bertz CT molecular complexity index is 835. The molecule has 3 aromatic carbocycles. The fourth-order valence-electron chi connectivity index (χ4n) is 2.51. The van der Waals surface area contributed by atoms with E-state index in [1.807, 2.05) is 24.3 Å². The summed E-state index contributed by atoms with van der Waals surface area (Å²) in [5, 5.41) is 8.85. The lowest BCUT2D eigenvalue weighted by Crippen LogP contribution is -1.84. The van der Waals surface area contributed by atoms with E-state index in [-0.39, 0.29) is 0 Å². The van der Waals surface area contributed by atoms with E-state index in [2.05, 4.69) is 62.4 Å². The Hall–Kier alpha value is -2.85. The van der Waals surface area contributed by atoms with Crippen LogP contribution in [0.1, 0.15) is 16.7 Å². The predicted molar refractivity (Wildman–Crippen MR) is 91.5 cm³/mol. The van der Waals surface area contributed by atoms with Gasteiger partial charge in [-0.25, -0.2) is 0 Å². The number of hydrogen-bond acceptors (Lipinski definition) is 1. The van der Waals surface area contributed by atoms with Gasteiger partial charge in [0.1, 0.15) is 0 Å². The molecule has 0 aliphatic rings. The molecule has 106 valence electrons. The number of hydrogen-bond donors (Lipinski definition) is 0. The third-order valence-electron chi connectivity index (χ3n) is 4.07. The summed E-state index contributed by atoms with van der Waals surface area (Å²) >= 11 is 0. The minimum Gasteiger partial charge on any atom is -0.192 e. The Morgan fingerprint density at radius 1 is 0.591 bits per heavy atom. The summed E-state index contributed by atoms with van der Waals surface area (Å²) in [6.07, 6.45) is 0. The molecule has 0 fully saturated rings. The highest BCUT2D eigenvalue weighted by Gasteiger charge is 2.02. The largest absolute Gasteiger partial charge is 0.192 e. The van der Waals surface area contributed by atoms with Gasteiger partial charge in [-0.3, -0.25) is 0 Å². The van der Waals surface area contributed by atoms with Crippen LogP contribution in [0.2, 0.25) is 0 Å². The zero-order valence-corrected chi connectivity index (χ0v) is 12.8. The van der Waals surface area contributed by atoms with Crippen LogP contribution in [0.25, 0.3) is 22.3 Å². The van der Waals surface area contributed by atoms with Crippen molar-refractivity contribution in [1.82, 2.24) is 0 Å². The Balaban J connectivity index is 1.91. The third kappa shape index (κ3) is 2.77. The molecule has 0 unspecified atom stereocenters. The highest BCUT2D eigenvalue weighted by Crippen LogP contribution is 2.26. The highest BCUT2D eigenvalue weighted by atomic mass is 14.2. The van der Waals surface area contributed by atoms with Crippen LogP contribution in [-0.2, 0) is 0 Å². The van der Waals surface area contributed by atoms with E-state index in [0.29, 0.717) is 5.56 Å². The molecule has 0 N–H and O–H groups in total. The molecule has 0 radical (unpaired) electrons. The number of rotatable bonds is 2. The van der Waals surface area contributed by atoms with Crippen LogP contribution in [0.15, 0.2) is 66.7 Å². The summed E-state index contributed by atoms with van der Waals surface area (Å²) in [7, 11) is 0. The van der Waals surface area contributed by atoms with Crippen molar-refractivity contribution in [2.75, 3.05) is 0 Å². The molecular formula is C21H17N. The van der Waals surface area contributed by atoms with E-state index in [1.54, 1.807) is 0 Å².